The first-order valence-electron chi connectivity index (χ1n) is 9.99. The molecule has 2 bridgehead atoms. The van der Waals surface area contributed by atoms with Crippen LogP contribution < -0.4 is 10.1 Å². The zero-order chi connectivity index (χ0) is 18.5. The van der Waals surface area contributed by atoms with Gasteiger partial charge >= 0.3 is 0 Å². The van der Waals surface area contributed by atoms with E-state index < -0.39 is 0 Å². The van der Waals surface area contributed by atoms with E-state index in [0.29, 0.717) is 25.1 Å². The molecule has 1 amide bonds. The van der Waals surface area contributed by atoms with E-state index in [4.69, 9.17) is 4.74 Å². The molecule has 1 aromatic heterocycles. The third kappa shape index (κ3) is 4.69. The van der Waals surface area contributed by atoms with E-state index in [9.17, 15) is 4.79 Å². The quantitative estimate of drug-likeness (QED) is 0.788. The molecule has 144 valence electrons. The van der Waals surface area contributed by atoms with Crippen molar-refractivity contribution in [1.29, 1.82) is 0 Å². The molecule has 0 saturated carbocycles. The van der Waals surface area contributed by atoms with Crippen molar-refractivity contribution < 1.29 is 9.53 Å². The Kier molecular flexibility index (Phi) is 5.72. The number of aromatic nitrogens is 2. The first kappa shape index (κ1) is 18.0. The maximum atomic E-state index is 12.3. The average Bonchev–Trinajstić information content (AvgIpc) is 3.16. The second kappa shape index (κ2) is 8.57. The number of amides is 1. The lowest BCUT2D eigenvalue weighted by molar-refractivity contribution is -0.123. The summed E-state index contributed by atoms with van der Waals surface area (Å²) >= 11 is 0. The number of piperidine rings is 2. The Morgan fingerprint density at radius 3 is 2.70 bits per heavy atom. The number of hydrogen-bond acceptors (Lipinski definition) is 4. The van der Waals surface area contributed by atoms with Gasteiger partial charge in [0.25, 0.3) is 0 Å². The van der Waals surface area contributed by atoms with E-state index >= 15 is 0 Å². The number of carbonyl (C=O) groups excluding carboxylic acids is 1. The van der Waals surface area contributed by atoms with Crippen LogP contribution in [0.25, 0.3) is 0 Å². The SMILES string of the molecule is O=C(CCOc1ccccc1)NC1C[C@H]2CCC[C@@H](C1)N2Cc1ncc[nH]1. The van der Waals surface area contributed by atoms with Crippen LogP contribution in [0.5, 0.6) is 5.75 Å². The number of rotatable bonds is 7. The van der Waals surface area contributed by atoms with Crippen LogP contribution in [0.2, 0.25) is 0 Å². The highest BCUT2D eigenvalue weighted by Gasteiger charge is 2.38. The van der Waals surface area contributed by atoms with Gasteiger partial charge in [-0.25, -0.2) is 4.98 Å². The van der Waals surface area contributed by atoms with Crippen molar-refractivity contribution >= 4 is 5.91 Å². The van der Waals surface area contributed by atoms with Crippen molar-refractivity contribution in [1.82, 2.24) is 20.2 Å². The van der Waals surface area contributed by atoms with Crippen molar-refractivity contribution in [3.8, 4) is 5.75 Å². The Balaban J connectivity index is 1.25. The molecule has 2 aliphatic heterocycles. The largest absolute Gasteiger partial charge is 0.493 e. The minimum Gasteiger partial charge on any atom is -0.493 e. The predicted molar refractivity (Wildman–Crippen MR) is 103 cm³/mol. The summed E-state index contributed by atoms with van der Waals surface area (Å²) in [7, 11) is 0. The highest BCUT2D eigenvalue weighted by atomic mass is 16.5. The number of hydrogen-bond donors (Lipinski definition) is 2. The highest BCUT2D eigenvalue weighted by Crippen LogP contribution is 2.34. The predicted octanol–water partition coefficient (Wildman–Crippen LogP) is 2.88. The molecule has 6 nitrogen and oxygen atoms in total. The molecule has 2 saturated heterocycles. The number of carbonyl (C=O) groups is 1. The van der Waals surface area contributed by atoms with Crippen molar-refractivity contribution in [3.63, 3.8) is 0 Å². The van der Waals surface area contributed by atoms with Crippen molar-refractivity contribution in [2.24, 2.45) is 0 Å². The molecule has 0 spiro atoms. The number of aromatic amines is 1. The fraction of sp³-hybridized carbons (Fsp3) is 0.524. The van der Waals surface area contributed by atoms with Gasteiger partial charge < -0.3 is 15.0 Å². The van der Waals surface area contributed by atoms with Crippen LogP contribution in [0.1, 0.15) is 44.3 Å². The Labute approximate surface area is 160 Å². The molecule has 0 aliphatic carbocycles. The zero-order valence-electron chi connectivity index (χ0n) is 15.6. The van der Waals surface area contributed by atoms with Gasteiger partial charge in [0.05, 0.1) is 19.6 Å². The normalized spacial score (nSPS) is 25.1. The lowest BCUT2D eigenvalue weighted by Crippen LogP contribution is -2.56. The van der Waals surface area contributed by atoms with Gasteiger partial charge in [0.1, 0.15) is 11.6 Å². The number of ether oxygens (including phenoxy) is 1. The third-order valence-corrected chi connectivity index (χ3v) is 5.72. The smallest absolute Gasteiger partial charge is 0.223 e. The number of imidazole rings is 1. The molecule has 2 aromatic rings. The summed E-state index contributed by atoms with van der Waals surface area (Å²) in [5, 5.41) is 3.24. The van der Waals surface area contributed by atoms with Gasteiger partial charge in [-0.1, -0.05) is 24.6 Å². The van der Waals surface area contributed by atoms with Crippen LogP contribution in [0.3, 0.4) is 0 Å². The summed E-state index contributed by atoms with van der Waals surface area (Å²) in [6, 6.07) is 11.0. The lowest BCUT2D eigenvalue weighted by Gasteiger charge is -2.48. The summed E-state index contributed by atoms with van der Waals surface area (Å²) in [5.74, 6) is 1.94. The number of nitrogens with zero attached hydrogens (tertiary/aromatic N) is 2. The van der Waals surface area contributed by atoms with E-state index in [1.165, 1.54) is 19.3 Å². The topological polar surface area (TPSA) is 70.2 Å². The molecule has 3 heterocycles. The molecular weight excluding hydrogens is 340 g/mol. The van der Waals surface area contributed by atoms with Crippen LogP contribution >= 0.6 is 0 Å². The van der Waals surface area contributed by atoms with Crippen molar-refractivity contribution in [2.75, 3.05) is 6.61 Å². The molecule has 27 heavy (non-hydrogen) atoms. The molecule has 2 aliphatic rings. The van der Waals surface area contributed by atoms with Gasteiger partial charge in [0.15, 0.2) is 0 Å². The monoisotopic (exact) mass is 368 g/mol. The third-order valence-electron chi connectivity index (χ3n) is 5.72. The molecular formula is C21H28N4O2. The maximum Gasteiger partial charge on any atom is 0.223 e. The summed E-state index contributed by atoms with van der Waals surface area (Å²) in [5.41, 5.74) is 0. The number of nitrogens with one attached hydrogen (secondary N) is 2. The van der Waals surface area contributed by atoms with E-state index in [2.05, 4.69) is 20.2 Å². The molecule has 1 unspecified atom stereocenters. The summed E-state index contributed by atoms with van der Waals surface area (Å²) in [6.45, 7) is 1.30. The van der Waals surface area contributed by atoms with Crippen LogP contribution in [0.4, 0.5) is 0 Å². The van der Waals surface area contributed by atoms with Gasteiger partial charge in [-0.05, 0) is 37.8 Å². The first-order valence-corrected chi connectivity index (χ1v) is 9.99. The average molecular weight is 368 g/mol. The molecule has 6 heteroatoms. The van der Waals surface area contributed by atoms with E-state index in [1.807, 2.05) is 42.7 Å². The summed E-state index contributed by atoms with van der Waals surface area (Å²) in [4.78, 5) is 22.5. The van der Waals surface area contributed by atoms with Crippen molar-refractivity contribution in [3.05, 3.63) is 48.5 Å². The summed E-state index contributed by atoms with van der Waals surface area (Å²) < 4.78 is 5.64. The van der Waals surface area contributed by atoms with Crippen LogP contribution in [-0.4, -0.2) is 45.5 Å². The molecule has 1 aromatic carbocycles. The van der Waals surface area contributed by atoms with Crippen LogP contribution in [0.15, 0.2) is 42.7 Å². The van der Waals surface area contributed by atoms with Gasteiger partial charge in [-0.2, -0.15) is 0 Å². The Morgan fingerprint density at radius 2 is 2.00 bits per heavy atom. The van der Waals surface area contributed by atoms with E-state index in [0.717, 1.165) is 31.0 Å². The van der Waals surface area contributed by atoms with Crippen molar-refractivity contribution in [2.45, 2.75) is 63.2 Å². The molecule has 2 N–H and O–H groups in total. The molecule has 2 fully saturated rings. The Hall–Kier alpha value is -2.34. The van der Waals surface area contributed by atoms with Crippen LogP contribution in [-0.2, 0) is 11.3 Å². The fourth-order valence-electron chi connectivity index (χ4n) is 4.49. The second-order valence-electron chi connectivity index (χ2n) is 7.59. The van der Waals surface area contributed by atoms with Gasteiger partial charge in [-0.3, -0.25) is 9.69 Å². The van der Waals surface area contributed by atoms with Gasteiger partial charge in [0.2, 0.25) is 5.91 Å². The fourth-order valence-corrected chi connectivity index (χ4v) is 4.49. The van der Waals surface area contributed by atoms with E-state index in [1.54, 1.807) is 0 Å². The minimum absolute atomic E-state index is 0.0912. The number of H-pyrrole nitrogens is 1. The number of para-hydroxylation sites is 1. The first-order chi connectivity index (χ1) is 13.3. The molecule has 4 rings (SSSR count). The highest BCUT2D eigenvalue weighted by molar-refractivity contribution is 5.76. The Bertz CT molecular complexity index is 705. The second-order valence-corrected chi connectivity index (χ2v) is 7.59. The van der Waals surface area contributed by atoms with Gasteiger partial charge in [-0.15, -0.1) is 0 Å². The van der Waals surface area contributed by atoms with E-state index in [-0.39, 0.29) is 11.9 Å². The number of fused-ring (bicyclic) bond motifs is 2. The summed E-state index contributed by atoms with van der Waals surface area (Å²) in [6.07, 6.45) is 9.87. The lowest BCUT2D eigenvalue weighted by atomic mass is 9.81. The number of benzene rings is 1. The standard InChI is InChI=1S/C21H28N4O2/c26-21(9-12-27-19-7-2-1-3-8-19)24-16-13-17-5-4-6-18(14-16)25(17)15-20-22-10-11-23-20/h1-3,7-8,10-11,16-18H,4-6,9,12-15H2,(H,22,23)(H,24,26)/t16?,17-,18+. The molecule has 0 radical (unpaired) electrons. The zero-order valence-corrected chi connectivity index (χ0v) is 15.6. The van der Waals surface area contributed by atoms with Gasteiger partial charge in [0, 0.05) is 30.5 Å². The minimum atomic E-state index is 0.0912. The maximum absolute atomic E-state index is 12.3. The molecule has 3 atom stereocenters. The Morgan fingerprint density at radius 1 is 1.22 bits per heavy atom. The van der Waals surface area contributed by atoms with Crippen LogP contribution in [0, 0.1) is 0 Å².